The van der Waals surface area contributed by atoms with Gasteiger partial charge in [-0.05, 0) is 47.4 Å². The van der Waals surface area contributed by atoms with Crippen LogP contribution in [0.3, 0.4) is 0 Å². The molecule has 0 radical (unpaired) electrons. The maximum absolute atomic E-state index is 12.4. The molecule has 0 aromatic heterocycles. The van der Waals surface area contributed by atoms with Gasteiger partial charge in [0, 0.05) is 36.4 Å². The molecule has 0 atom stereocenters. The number of hydrogen-bond acceptors (Lipinski definition) is 3. The maximum Gasteiger partial charge on any atom is 0.326 e. The van der Waals surface area contributed by atoms with Crippen LogP contribution >= 0.6 is 0 Å². The molecule has 2 heterocycles. The molecular formula is C19H22N4O2. The lowest BCUT2D eigenvalue weighted by molar-refractivity contribution is 0.0949. The van der Waals surface area contributed by atoms with Gasteiger partial charge in [0.15, 0.2) is 0 Å². The van der Waals surface area contributed by atoms with Gasteiger partial charge in [-0.1, -0.05) is 13.8 Å². The number of benzene rings is 1. The van der Waals surface area contributed by atoms with Crippen molar-refractivity contribution in [2.24, 2.45) is 5.92 Å². The Balaban J connectivity index is 1.58. The Labute approximate surface area is 147 Å². The topological polar surface area (TPSA) is 73.5 Å². The molecule has 2 aliphatic rings. The molecule has 0 fully saturated rings. The summed E-state index contributed by atoms with van der Waals surface area (Å²) in [4.78, 5) is 26.0. The molecule has 130 valence electrons. The first-order valence-electron chi connectivity index (χ1n) is 8.32. The van der Waals surface area contributed by atoms with Crippen molar-refractivity contribution in [3.05, 3.63) is 65.7 Å². The summed E-state index contributed by atoms with van der Waals surface area (Å²) in [6.45, 7) is 5.27. The Kier molecular flexibility index (Phi) is 4.88. The van der Waals surface area contributed by atoms with Crippen LogP contribution in [0.4, 0.5) is 10.5 Å². The number of nitrogens with one attached hydrogen (secondary N) is 3. The Morgan fingerprint density at radius 1 is 1.24 bits per heavy atom. The van der Waals surface area contributed by atoms with Crippen LogP contribution in [-0.4, -0.2) is 29.9 Å². The van der Waals surface area contributed by atoms with Crippen molar-refractivity contribution >= 4 is 17.6 Å². The average Bonchev–Trinajstić information content (AvgIpc) is 3.04. The summed E-state index contributed by atoms with van der Waals surface area (Å²) in [5.41, 5.74) is 3.34. The van der Waals surface area contributed by atoms with Crippen molar-refractivity contribution < 1.29 is 9.59 Å². The van der Waals surface area contributed by atoms with E-state index < -0.39 is 0 Å². The number of urea groups is 1. The van der Waals surface area contributed by atoms with Crippen LogP contribution in [0.1, 0.15) is 24.2 Å². The minimum Gasteiger partial charge on any atom is -0.367 e. The van der Waals surface area contributed by atoms with Crippen molar-refractivity contribution in [2.45, 2.75) is 13.8 Å². The number of carbonyl (C=O) groups is 2. The number of carbonyl (C=O) groups excluding carboxylic acids is 2. The quantitative estimate of drug-likeness (QED) is 0.790. The zero-order valence-corrected chi connectivity index (χ0v) is 14.4. The predicted molar refractivity (Wildman–Crippen MR) is 97.8 cm³/mol. The molecule has 25 heavy (non-hydrogen) atoms. The number of rotatable bonds is 4. The zero-order valence-electron chi connectivity index (χ0n) is 14.4. The zero-order chi connectivity index (χ0) is 17.8. The highest BCUT2D eigenvalue weighted by molar-refractivity contribution is 5.95. The number of dihydropyridines is 1. The molecule has 0 saturated carbocycles. The second kappa shape index (κ2) is 7.25. The van der Waals surface area contributed by atoms with E-state index in [-0.39, 0.29) is 11.9 Å². The van der Waals surface area contributed by atoms with Gasteiger partial charge in [0.05, 0.1) is 6.54 Å². The van der Waals surface area contributed by atoms with Crippen molar-refractivity contribution in [1.29, 1.82) is 0 Å². The molecule has 6 heteroatoms. The number of nitrogens with zero attached hydrogens (tertiary/aromatic N) is 1. The highest BCUT2D eigenvalue weighted by atomic mass is 16.2. The molecule has 3 N–H and O–H groups in total. The van der Waals surface area contributed by atoms with E-state index in [1.165, 1.54) is 0 Å². The van der Waals surface area contributed by atoms with E-state index >= 15 is 0 Å². The monoisotopic (exact) mass is 338 g/mol. The minimum atomic E-state index is -0.201. The summed E-state index contributed by atoms with van der Waals surface area (Å²) in [7, 11) is 0. The van der Waals surface area contributed by atoms with E-state index in [2.05, 4.69) is 16.0 Å². The first-order chi connectivity index (χ1) is 12.0. The Hall–Kier alpha value is -3.02. The summed E-state index contributed by atoms with van der Waals surface area (Å²) in [6, 6.07) is 6.69. The Morgan fingerprint density at radius 3 is 2.68 bits per heavy atom. The van der Waals surface area contributed by atoms with Crippen molar-refractivity contribution in [2.75, 3.05) is 18.4 Å². The van der Waals surface area contributed by atoms with Gasteiger partial charge in [-0.15, -0.1) is 0 Å². The first-order valence-corrected chi connectivity index (χ1v) is 8.32. The van der Waals surface area contributed by atoms with Crippen LogP contribution in [0.25, 0.3) is 0 Å². The van der Waals surface area contributed by atoms with E-state index in [0.717, 1.165) is 11.1 Å². The number of anilines is 1. The number of allylic oxidation sites excluding steroid dienone is 1. The minimum absolute atomic E-state index is 0.105. The van der Waals surface area contributed by atoms with E-state index in [4.69, 9.17) is 0 Å². The average molecular weight is 338 g/mol. The van der Waals surface area contributed by atoms with Gasteiger partial charge in [0.1, 0.15) is 0 Å². The summed E-state index contributed by atoms with van der Waals surface area (Å²) < 4.78 is 0. The summed E-state index contributed by atoms with van der Waals surface area (Å²) in [5, 5.41) is 8.74. The molecular weight excluding hydrogens is 316 g/mol. The second-order valence-corrected chi connectivity index (χ2v) is 6.49. The maximum atomic E-state index is 12.4. The van der Waals surface area contributed by atoms with Gasteiger partial charge < -0.3 is 16.0 Å². The highest BCUT2D eigenvalue weighted by Gasteiger charge is 2.22. The lowest BCUT2D eigenvalue weighted by Gasteiger charge is -2.15. The van der Waals surface area contributed by atoms with E-state index in [1.54, 1.807) is 29.2 Å². The third-order valence-corrected chi connectivity index (χ3v) is 3.95. The molecule has 0 saturated heterocycles. The molecule has 1 aromatic rings. The van der Waals surface area contributed by atoms with Crippen LogP contribution in [0.5, 0.6) is 0 Å². The Morgan fingerprint density at radius 2 is 2.00 bits per heavy atom. The van der Waals surface area contributed by atoms with E-state index in [0.29, 0.717) is 30.3 Å². The van der Waals surface area contributed by atoms with Gasteiger partial charge in [-0.2, -0.15) is 0 Å². The Bertz CT molecular complexity index is 760. The SMILES string of the molecule is CC(C)CNC(=O)c1ccc(NC(=O)N2C=C3C=CNC=C3C2)cc1. The molecule has 0 unspecified atom stereocenters. The standard InChI is InChI=1S/C19H22N4O2/c1-13(2)9-21-18(24)14-3-5-17(6-4-14)22-19(25)23-11-15-7-8-20-10-16(15)12-23/h3-8,10-11,13,20H,9,12H2,1-2H3,(H,21,24)(H,22,25). The fourth-order valence-corrected chi connectivity index (χ4v) is 2.57. The third kappa shape index (κ3) is 4.09. The van der Waals surface area contributed by atoms with Gasteiger partial charge in [-0.25, -0.2) is 4.79 Å². The predicted octanol–water partition coefficient (Wildman–Crippen LogP) is 2.80. The summed E-state index contributed by atoms with van der Waals surface area (Å²) in [6.07, 6.45) is 7.49. The molecule has 0 bridgehead atoms. The second-order valence-electron chi connectivity index (χ2n) is 6.49. The van der Waals surface area contributed by atoms with Crippen molar-refractivity contribution in [1.82, 2.24) is 15.5 Å². The number of amides is 3. The summed E-state index contributed by atoms with van der Waals surface area (Å²) in [5.74, 6) is 0.298. The van der Waals surface area contributed by atoms with Gasteiger partial charge in [0.2, 0.25) is 0 Å². The molecule has 2 aliphatic heterocycles. The molecule has 3 rings (SSSR count). The molecule has 1 aromatic carbocycles. The van der Waals surface area contributed by atoms with Crippen LogP contribution in [0, 0.1) is 5.92 Å². The van der Waals surface area contributed by atoms with E-state index in [1.807, 2.05) is 38.5 Å². The lowest BCUT2D eigenvalue weighted by atomic mass is 10.1. The summed E-state index contributed by atoms with van der Waals surface area (Å²) >= 11 is 0. The van der Waals surface area contributed by atoms with Crippen LogP contribution < -0.4 is 16.0 Å². The number of hydrogen-bond donors (Lipinski definition) is 3. The lowest BCUT2D eigenvalue weighted by Crippen LogP contribution is -2.29. The van der Waals surface area contributed by atoms with Gasteiger partial charge >= 0.3 is 6.03 Å². The fraction of sp³-hybridized carbons (Fsp3) is 0.263. The number of fused-ring (bicyclic) bond motifs is 1. The highest BCUT2D eigenvalue weighted by Crippen LogP contribution is 2.24. The molecule has 0 aliphatic carbocycles. The van der Waals surface area contributed by atoms with Crippen LogP contribution in [0.2, 0.25) is 0 Å². The van der Waals surface area contributed by atoms with E-state index in [9.17, 15) is 9.59 Å². The van der Waals surface area contributed by atoms with Crippen LogP contribution in [0.15, 0.2) is 60.1 Å². The van der Waals surface area contributed by atoms with Crippen molar-refractivity contribution in [3.8, 4) is 0 Å². The van der Waals surface area contributed by atoms with Gasteiger partial charge in [-0.3, -0.25) is 9.69 Å². The normalized spacial score (nSPS) is 15.2. The molecule has 0 spiro atoms. The largest absolute Gasteiger partial charge is 0.367 e. The van der Waals surface area contributed by atoms with Crippen molar-refractivity contribution in [3.63, 3.8) is 0 Å². The molecule has 3 amide bonds. The third-order valence-electron chi connectivity index (χ3n) is 3.95. The smallest absolute Gasteiger partial charge is 0.326 e. The van der Waals surface area contributed by atoms with Crippen LogP contribution in [-0.2, 0) is 0 Å². The van der Waals surface area contributed by atoms with Gasteiger partial charge in [0.25, 0.3) is 5.91 Å². The molecule has 6 nitrogen and oxygen atoms in total. The fourth-order valence-electron chi connectivity index (χ4n) is 2.57. The first kappa shape index (κ1) is 16.8.